The quantitative estimate of drug-likeness (QED) is 0.278. The van der Waals surface area contributed by atoms with Gasteiger partial charge >= 0.3 is 5.97 Å². The summed E-state index contributed by atoms with van der Waals surface area (Å²) in [5.41, 5.74) is 3.06. The van der Waals surface area contributed by atoms with Crippen LogP contribution in [-0.4, -0.2) is 16.1 Å². The Balaban J connectivity index is 1.46. The van der Waals surface area contributed by atoms with Crippen LogP contribution in [-0.2, 0) is 9.53 Å². The summed E-state index contributed by atoms with van der Waals surface area (Å²) in [6.07, 6.45) is 5.25. The van der Waals surface area contributed by atoms with Gasteiger partial charge in [-0.2, -0.15) is 0 Å². The maximum atomic E-state index is 13.7. The van der Waals surface area contributed by atoms with Crippen LogP contribution in [0.25, 0.3) is 0 Å². The molecule has 0 radical (unpaired) electrons. The lowest BCUT2D eigenvalue weighted by atomic mass is 9.49. The van der Waals surface area contributed by atoms with Crippen LogP contribution in [0.2, 0.25) is 0 Å². The van der Waals surface area contributed by atoms with Crippen LogP contribution in [0.4, 0.5) is 0 Å². The van der Waals surface area contributed by atoms with Gasteiger partial charge in [-0.3, -0.25) is 9.59 Å². The lowest BCUT2D eigenvalue weighted by molar-refractivity contribution is -0.173. The van der Waals surface area contributed by atoms with E-state index in [4.69, 9.17) is 4.74 Å². The molecule has 162 valence electrons. The minimum atomic E-state index is -0.907. The van der Waals surface area contributed by atoms with Crippen molar-refractivity contribution in [2.24, 2.45) is 17.3 Å². The molecule has 3 unspecified atom stereocenters. The molecule has 0 saturated heterocycles. The maximum Gasteiger partial charge on any atom is 0.313 e. The summed E-state index contributed by atoms with van der Waals surface area (Å²) in [4.78, 5) is 27.2. The fraction of sp³-hybridized carbons (Fsp3) is 0.481. The molecule has 4 bridgehead atoms. The first-order chi connectivity index (χ1) is 14.8. The van der Waals surface area contributed by atoms with Gasteiger partial charge in [0, 0.05) is 15.5 Å². The van der Waals surface area contributed by atoms with E-state index in [0.29, 0.717) is 17.4 Å². The fourth-order valence-corrected chi connectivity index (χ4v) is 7.96. The summed E-state index contributed by atoms with van der Waals surface area (Å²) in [5.74, 6) is 0.824. The summed E-state index contributed by atoms with van der Waals surface area (Å²) in [7, 11) is 0. The van der Waals surface area contributed by atoms with Gasteiger partial charge in [-0.25, -0.2) is 0 Å². The molecule has 4 saturated carbocycles. The zero-order chi connectivity index (χ0) is 21.8. The number of ketones is 1. The Bertz CT molecular complexity index is 994. The summed E-state index contributed by atoms with van der Waals surface area (Å²) in [5, 5.41) is 0. The van der Waals surface area contributed by atoms with Crippen LogP contribution >= 0.6 is 15.9 Å². The van der Waals surface area contributed by atoms with E-state index in [2.05, 4.69) is 15.9 Å². The van der Waals surface area contributed by atoms with Crippen molar-refractivity contribution in [3.05, 3.63) is 70.8 Å². The fourth-order valence-electron chi connectivity index (χ4n) is 6.51. The summed E-state index contributed by atoms with van der Waals surface area (Å²) in [6.45, 7) is 4.01. The van der Waals surface area contributed by atoms with Gasteiger partial charge in [-0.15, -0.1) is 0 Å². The number of aryl methyl sites for hydroxylation is 2. The highest BCUT2D eigenvalue weighted by atomic mass is 79.9. The summed E-state index contributed by atoms with van der Waals surface area (Å²) >= 11 is 3.98. The lowest BCUT2D eigenvalue weighted by Gasteiger charge is -2.59. The minimum Gasteiger partial charge on any atom is -0.449 e. The number of hydrogen-bond acceptors (Lipinski definition) is 3. The second-order valence-electron chi connectivity index (χ2n) is 10.3. The number of hydrogen-bond donors (Lipinski definition) is 0. The first-order valence-corrected chi connectivity index (χ1v) is 12.1. The summed E-state index contributed by atoms with van der Waals surface area (Å²) in [6, 6.07) is 15.3. The van der Waals surface area contributed by atoms with Crippen molar-refractivity contribution in [2.75, 3.05) is 0 Å². The van der Waals surface area contributed by atoms with E-state index in [1.165, 1.54) is 6.42 Å². The molecule has 0 aromatic heterocycles. The largest absolute Gasteiger partial charge is 0.449 e. The molecule has 4 fully saturated rings. The first-order valence-electron chi connectivity index (χ1n) is 11.3. The van der Waals surface area contributed by atoms with Gasteiger partial charge in [0.05, 0.1) is 5.41 Å². The molecular weight excluding hydrogens is 452 g/mol. The van der Waals surface area contributed by atoms with E-state index >= 15 is 0 Å². The van der Waals surface area contributed by atoms with Crippen molar-refractivity contribution in [1.82, 2.24) is 0 Å². The number of Topliss-reactive ketones (excluding diaryl/α,β-unsaturated/α-hetero) is 1. The second kappa shape index (κ2) is 7.58. The highest BCUT2D eigenvalue weighted by Crippen LogP contribution is 2.64. The molecule has 0 heterocycles. The van der Waals surface area contributed by atoms with Gasteiger partial charge in [0.2, 0.25) is 5.78 Å². The third kappa shape index (κ3) is 3.88. The van der Waals surface area contributed by atoms with Gasteiger partial charge in [-0.05, 0) is 64.2 Å². The van der Waals surface area contributed by atoms with Gasteiger partial charge < -0.3 is 4.74 Å². The first kappa shape index (κ1) is 20.9. The molecule has 0 N–H and O–H groups in total. The van der Waals surface area contributed by atoms with Gasteiger partial charge in [0.15, 0.2) is 6.10 Å². The molecular formula is C27H29BrO3. The average Bonchev–Trinajstić information content (AvgIpc) is 2.71. The number of carbonyl (C=O) groups excluding carboxylic acids is 2. The number of rotatable bonds is 5. The predicted molar refractivity (Wildman–Crippen MR) is 124 cm³/mol. The number of benzene rings is 2. The Hall–Kier alpha value is -1.94. The van der Waals surface area contributed by atoms with Gasteiger partial charge in [-0.1, -0.05) is 75.6 Å². The summed E-state index contributed by atoms with van der Waals surface area (Å²) < 4.78 is 6.21. The van der Waals surface area contributed by atoms with Crippen LogP contribution in [0.3, 0.4) is 0 Å². The number of ether oxygens (including phenoxy) is 1. The van der Waals surface area contributed by atoms with Gasteiger partial charge in [0.25, 0.3) is 0 Å². The van der Waals surface area contributed by atoms with Crippen molar-refractivity contribution in [2.45, 2.75) is 62.8 Å². The van der Waals surface area contributed by atoms with Crippen LogP contribution in [0.5, 0.6) is 0 Å². The highest BCUT2D eigenvalue weighted by molar-refractivity contribution is 9.10. The van der Waals surface area contributed by atoms with Crippen LogP contribution in [0.15, 0.2) is 48.5 Å². The molecule has 0 aliphatic heterocycles. The predicted octanol–water partition coefficient (Wildman–Crippen LogP) is 6.50. The van der Waals surface area contributed by atoms with Crippen molar-refractivity contribution in [3.63, 3.8) is 0 Å². The Morgan fingerprint density at radius 3 is 2.00 bits per heavy atom. The topological polar surface area (TPSA) is 43.4 Å². The zero-order valence-electron chi connectivity index (χ0n) is 18.2. The minimum absolute atomic E-state index is 0.0659. The van der Waals surface area contributed by atoms with E-state index in [-0.39, 0.29) is 16.1 Å². The van der Waals surface area contributed by atoms with E-state index in [9.17, 15) is 9.59 Å². The van der Waals surface area contributed by atoms with Crippen LogP contribution in [0, 0.1) is 31.1 Å². The molecule has 4 aliphatic carbocycles. The normalized spacial score (nSPS) is 32.0. The molecule has 2 aromatic rings. The molecule has 0 spiro atoms. The smallest absolute Gasteiger partial charge is 0.313 e. The highest BCUT2D eigenvalue weighted by Gasteiger charge is 2.61. The van der Waals surface area contributed by atoms with E-state index in [0.717, 1.165) is 48.8 Å². The maximum absolute atomic E-state index is 13.7. The average molecular weight is 481 g/mol. The molecule has 3 nitrogen and oxygen atoms in total. The Morgan fingerprint density at radius 2 is 1.45 bits per heavy atom. The third-order valence-corrected chi connectivity index (χ3v) is 8.53. The SMILES string of the molecule is Cc1ccc(C(=O)C(OC(=O)C23CC4CC(CC(Br)(C4)C2)C3)c2ccc(C)cc2)cc1. The number of halogens is 1. The van der Waals surface area contributed by atoms with Crippen molar-refractivity contribution < 1.29 is 14.3 Å². The van der Waals surface area contributed by atoms with Crippen LogP contribution in [0.1, 0.15) is 71.7 Å². The Kier molecular flexibility index (Phi) is 5.12. The van der Waals surface area contributed by atoms with Crippen molar-refractivity contribution >= 4 is 27.7 Å². The molecule has 31 heavy (non-hydrogen) atoms. The van der Waals surface area contributed by atoms with Crippen LogP contribution < -0.4 is 0 Å². The van der Waals surface area contributed by atoms with Gasteiger partial charge in [0.1, 0.15) is 0 Å². The lowest BCUT2D eigenvalue weighted by Crippen LogP contribution is -2.56. The molecule has 2 aromatic carbocycles. The zero-order valence-corrected chi connectivity index (χ0v) is 19.8. The van der Waals surface area contributed by atoms with Crippen molar-refractivity contribution in [1.29, 1.82) is 0 Å². The molecule has 4 heteroatoms. The molecule has 6 rings (SSSR count). The Labute approximate surface area is 192 Å². The van der Waals surface area contributed by atoms with E-state index < -0.39 is 11.5 Å². The molecule has 4 aliphatic rings. The van der Waals surface area contributed by atoms with E-state index in [1.807, 2.05) is 62.4 Å². The third-order valence-electron chi connectivity index (χ3n) is 7.60. The molecule has 0 amide bonds. The monoisotopic (exact) mass is 480 g/mol. The van der Waals surface area contributed by atoms with Crippen molar-refractivity contribution in [3.8, 4) is 0 Å². The van der Waals surface area contributed by atoms with E-state index in [1.54, 1.807) is 0 Å². The Morgan fingerprint density at radius 1 is 0.903 bits per heavy atom. The standard InChI is InChI=1S/C27H29BrO3/c1-17-3-7-21(8-4-17)23(29)24(22-9-5-18(2)6-10-22)31-25(30)26-12-19-11-20(13-26)15-27(28,14-19)16-26/h3-10,19-20,24H,11-16H2,1-2H3. The molecule has 3 atom stereocenters. The number of carbonyl (C=O) groups is 2. The second-order valence-corrected chi connectivity index (χ2v) is 12.0. The number of esters is 1. The number of alkyl halides is 1.